The van der Waals surface area contributed by atoms with Crippen molar-refractivity contribution in [2.45, 2.75) is 44.6 Å². The predicted octanol–water partition coefficient (Wildman–Crippen LogP) is 4.14. The van der Waals surface area contributed by atoms with Crippen molar-refractivity contribution in [1.82, 2.24) is 5.32 Å². The Morgan fingerprint density at radius 1 is 0.833 bits per heavy atom. The quantitative estimate of drug-likeness (QED) is 0.381. The molecule has 1 amide bonds. The minimum absolute atomic E-state index is 0.180. The summed E-state index contributed by atoms with van der Waals surface area (Å²) in [5, 5.41) is 2.97. The Hall–Kier alpha value is -3.02. The number of hydrogen-bond donors (Lipinski definition) is 1. The molecule has 160 valence electrons. The standard InChI is InChI=1S/C24H29NO5/c26-23(25-19-10-4-1-2-5-11-19)18-30-24(27)21-14-8-9-15-22(21)29-17-16-28-20-12-6-3-7-13-20/h3,6-9,12-15,19H,1-2,4-5,10-11,16-18H2,(H,25,26). The van der Waals surface area contributed by atoms with Gasteiger partial charge in [0.1, 0.15) is 30.3 Å². The lowest BCUT2D eigenvalue weighted by atomic mass is 10.1. The molecule has 1 N–H and O–H groups in total. The molecule has 2 aromatic rings. The summed E-state index contributed by atoms with van der Waals surface area (Å²) >= 11 is 0. The van der Waals surface area contributed by atoms with Gasteiger partial charge in [-0.05, 0) is 37.1 Å². The number of esters is 1. The number of hydrogen-bond acceptors (Lipinski definition) is 5. The first kappa shape index (κ1) is 21.7. The molecule has 1 saturated carbocycles. The van der Waals surface area contributed by atoms with Crippen molar-refractivity contribution < 1.29 is 23.8 Å². The minimum atomic E-state index is -0.578. The fourth-order valence-electron chi connectivity index (χ4n) is 3.49. The highest BCUT2D eigenvalue weighted by Gasteiger charge is 2.18. The average Bonchev–Trinajstić information content (AvgIpc) is 3.05. The maximum atomic E-state index is 12.5. The summed E-state index contributed by atoms with van der Waals surface area (Å²) in [6.07, 6.45) is 6.67. The molecule has 0 saturated heterocycles. The van der Waals surface area contributed by atoms with E-state index in [2.05, 4.69) is 5.32 Å². The third-order valence-corrected chi connectivity index (χ3v) is 5.01. The first-order valence-corrected chi connectivity index (χ1v) is 10.6. The van der Waals surface area contributed by atoms with Gasteiger partial charge in [0.25, 0.3) is 5.91 Å². The zero-order chi connectivity index (χ0) is 21.0. The van der Waals surface area contributed by atoms with Crippen molar-refractivity contribution in [1.29, 1.82) is 0 Å². The Morgan fingerprint density at radius 2 is 1.50 bits per heavy atom. The van der Waals surface area contributed by atoms with Crippen molar-refractivity contribution in [2.75, 3.05) is 19.8 Å². The number of rotatable bonds is 9. The molecule has 0 bridgehead atoms. The number of ether oxygens (including phenoxy) is 3. The van der Waals surface area contributed by atoms with Gasteiger partial charge in [0.2, 0.25) is 0 Å². The van der Waals surface area contributed by atoms with Crippen LogP contribution in [0.1, 0.15) is 48.9 Å². The van der Waals surface area contributed by atoms with Crippen molar-refractivity contribution >= 4 is 11.9 Å². The van der Waals surface area contributed by atoms with Crippen LogP contribution in [0.15, 0.2) is 54.6 Å². The van der Waals surface area contributed by atoms with Gasteiger partial charge >= 0.3 is 5.97 Å². The Bertz CT molecular complexity index is 800. The molecule has 3 rings (SSSR count). The second-order valence-corrected chi connectivity index (χ2v) is 7.34. The van der Waals surface area contributed by atoms with Crippen molar-refractivity contribution in [3.8, 4) is 11.5 Å². The van der Waals surface area contributed by atoms with Gasteiger partial charge in [-0.2, -0.15) is 0 Å². The smallest absolute Gasteiger partial charge is 0.342 e. The monoisotopic (exact) mass is 411 g/mol. The SMILES string of the molecule is O=C(COC(=O)c1ccccc1OCCOc1ccccc1)NC1CCCCCC1. The second kappa shape index (κ2) is 11.9. The van der Waals surface area contributed by atoms with Crippen LogP contribution in [-0.2, 0) is 9.53 Å². The molecule has 0 spiro atoms. The lowest BCUT2D eigenvalue weighted by Crippen LogP contribution is -2.37. The summed E-state index contributed by atoms with van der Waals surface area (Å²) < 4.78 is 16.5. The molecule has 0 heterocycles. The van der Waals surface area contributed by atoms with Crippen LogP contribution < -0.4 is 14.8 Å². The van der Waals surface area contributed by atoms with Crippen molar-refractivity contribution in [2.24, 2.45) is 0 Å². The van der Waals surface area contributed by atoms with Crippen molar-refractivity contribution in [3.63, 3.8) is 0 Å². The van der Waals surface area contributed by atoms with E-state index < -0.39 is 5.97 Å². The summed E-state index contributed by atoms with van der Waals surface area (Å²) in [4.78, 5) is 24.6. The van der Waals surface area contributed by atoms with E-state index in [1.807, 2.05) is 30.3 Å². The van der Waals surface area contributed by atoms with Gasteiger partial charge < -0.3 is 19.5 Å². The topological polar surface area (TPSA) is 73.9 Å². The van der Waals surface area contributed by atoms with Crippen LogP contribution in [0.25, 0.3) is 0 Å². The van der Waals surface area contributed by atoms with E-state index in [4.69, 9.17) is 14.2 Å². The fraction of sp³-hybridized carbons (Fsp3) is 0.417. The van der Waals surface area contributed by atoms with Crippen LogP contribution >= 0.6 is 0 Å². The normalized spacial score (nSPS) is 14.4. The first-order valence-electron chi connectivity index (χ1n) is 10.6. The van der Waals surface area contributed by atoms with Crippen LogP contribution in [0.5, 0.6) is 11.5 Å². The molecule has 0 aromatic heterocycles. The van der Waals surface area contributed by atoms with Gasteiger partial charge in [0, 0.05) is 6.04 Å². The maximum Gasteiger partial charge on any atom is 0.342 e. The fourth-order valence-corrected chi connectivity index (χ4v) is 3.49. The summed E-state index contributed by atoms with van der Waals surface area (Å²) in [5.74, 6) is 0.326. The van der Waals surface area contributed by atoms with Crippen LogP contribution in [0.4, 0.5) is 0 Å². The largest absolute Gasteiger partial charge is 0.490 e. The summed E-state index contributed by atoms with van der Waals surface area (Å²) in [5.41, 5.74) is 0.291. The average molecular weight is 411 g/mol. The third kappa shape index (κ3) is 7.10. The number of carbonyl (C=O) groups excluding carboxylic acids is 2. The molecular weight excluding hydrogens is 382 g/mol. The summed E-state index contributed by atoms with van der Waals surface area (Å²) in [6.45, 7) is 0.333. The van der Waals surface area contributed by atoms with Gasteiger partial charge in [-0.1, -0.05) is 56.0 Å². The molecule has 0 atom stereocenters. The molecule has 30 heavy (non-hydrogen) atoms. The van der Waals surface area contributed by atoms with E-state index in [1.54, 1.807) is 24.3 Å². The molecule has 1 aliphatic carbocycles. The van der Waals surface area contributed by atoms with Gasteiger partial charge in [0.15, 0.2) is 6.61 Å². The van der Waals surface area contributed by atoms with E-state index in [0.717, 1.165) is 31.4 Å². The molecule has 1 aliphatic rings. The number of benzene rings is 2. The van der Waals surface area contributed by atoms with Crippen LogP contribution in [-0.4, -0.2) is 37.7 Å². The molecule has 0 radical (unpaired) electrons. The zero-order valence-corrected chi connectivity index (χ0v) is 17.2. The van der Waals surface area contributed by atoms with Crippen LogP contribution in [0.2, 0.25) is 0 Å². The lowest BCUT2D eigenvalue weighted by Gasteiger charge is -2.16. The third-order valence-electron chi connectivity index (χ3n) is 5.01. The lowest BCUT2D eigenvalue weighted by molar-refractivity contribution is -0.125. The summed E-state index contributed by atoms with van der Waals surface area (Å²) in [7, 11) is 0. The van der Waals surface area contributed by atoms with Crippen LogP contribution in [0, 0.1) is 0 Å². The van der Waals surface area contributed by atoms with E-state index in [9.17, 15) is 9.59 Å². The summed E-state index contributed by atoms with van der Waals surface area (Å²) in [6, 6.07) is 16.5. The van der Waals surface area contributed by atoms with E-state index >= 15 is 0 Å². The van der Waals surface area contributed by atoms with E-state index in [-0.39, 0.29) is 25.2 Å². The highest BCUT2D eigenvalue weighted by molar-refractivity contribution is 5.94. The van der Waals surface area contributed by atoms with E-state index in [0.29, 0.717) is 17.9 Å². The Kier molecular flexibility index (Phi) is 8.57. The Morgan fingerprint density at radius 3 is 2.27 bits per heavy atom. The first-order chi connectivity index (χ1) is 14.7. The van der Waals surface area contributed by atoms with Gasteiger partial charge in [0.05, 0.1) is 0 Å². The molecule has 1 fully saturated rings. The molecule has 0 aliphatic heterocycles. The number of para-hydroxylation sites is 2. The Labute approximate surface area is 177 Å². The minimum Gasteiger partial charge on any atom is -0.490 e. The predicted molar refractivity (Wildman–Crippen MR) is 114 cm³/mol. The number of amides is 1. The van der Waals surface area contributed by atoms with Gasteiger partial charge in [-0.3, -0.25) is 4.79 Å². The van der Waals surface area contributed by atoms with Crippen molar-refractivity contribution in [3.05, 3.63) is 60.2 Å². The molecular formula is C24H29NO5. The second-order valence-electron chi connectivity index (χ2n) is 7.34. The molecule has 6 nitrogen and oxygen atoms in total. The van der Waals surface area contributed by atoms with Gasteiger partial charge in [-0.15, -0.1) is 0 Å². The number of nitrogens with one attached hydrogen (secondary N) is 1. The molecule has 6 heteroatoms. The Balaban J connectivity index is 1.44. The number of carbonyl (C=O) groups is 2. The van der Waals surface area contributed by atoms with E-state index in [1.165, 1.54) is 12.8 Å². The van der Waals surface area contributed by atoms with Gasteiger partial charge in [-0.25, -0.2) is 4.79 Å². The molecule has 0 unspecified atom stereocenters. The highest BCUT2D eigenvalue weighted by atomic mass is 16.5. The molecule has 2 aromatic carbocycles. The maximum absolute atomic E-state index is 12.5. The highest BCUT2D eigenvalue weighted by Crippen LogP contribution is 2.20. The van der Waals surface area contributed by atoms with Crippen LogP contribution in [0.3, 0.4) is 0 Å². The zero-order valence-electron chi connectivity index (χ0n) is 17.2.